The van der Waals surface area contributed by atoms with Gasteiger partial charge in [-0.3, -0.25) is 0 Å². The van der Waals surface area contributed by atoms with Crippen molar-refractivity contribution in [3.8, 4) is 0 Å². The molecule has 3 atom stereocenters. The summed E-state index contributed by atoms with van der Waals surface area (Å²) in [5, 5.41) is 0.637. The Bertz CT molecular complexity index is 536. The third-order valence-electron chi connectivity index (χ3n) is 4.53. The first-order valence-electron chi connectivity index (χ1n) is 8.10. The SMILES string of the molecule is CC(C)[C@H]1CC[C@H](C)C[C@@H]1OC(=O)/C=C/c1ccccc1Cl. The van der Waals surface area contributed by atoms with Gasteiger partial charge < -0.3 is 4.74 Å². The molecule has 2 nitrogen and oxygen atoms in total. The van der Waals surface area contributed by atoms with Gasteiger partial charge in [0, 0.05) is 11.1 Å². The van der Waals surface area contributed by atoms with Crippen LogP contribution < -0.4 is 0 Å². The van der Waals surface area contributed by atoms with Crippen molar-refractivity contribution in [3.05, 3.63) is 40.9 Å². The van der Waals surface area contributed by atoms with Crippen LogP contribution in [-0.2, 0) is 9.53 Å². The Morgan fingerprint density at radius 1 is 1.32 bits per heavy atom. The van der Waals surface area contributed by atoms with Gasteiger partial charge in [-0.05, 0) is 48.3 Å². The molecular formula is C19H25ClO2. The Hall–Kier alpha value is -1.28. The minimum absolute atomic E-state index is 0.0344. The number of esters is 1. The van der Waals surface area contributed by atoms with Crippen LogP contribution in [0, 0.1) is 17.8 Å². The summed E-state index contributed by atoms with van der Waals surface area (Å²) in [7, 11) is 0. The third-order valence-corrected chi connectivity index (χ3v) is 4.88. The molecule has 0 saturated heterocycles. The zero-order valence-electron chi connectivity index (χ0n) is 13.6. The van der Waals surface area contributed by atoms with E-state index < -0.39 is 0 Å². The highest BCUT2D eigenvalue weighted by Gasteiger charge is 2.32. The molecule has 0 unspecified atom stereocenters. The molecule has 1 aromatic carbocycles. The molecule has 1 fully saturated rings. The maximum Gasteiger partial charge on any atom is 0.331 e. The Balaban J connectivity index is 1.99. The third kappa shape index (κ3) is 4.61. The van der Waals surface area contributed by atoms with Crippen LogP contribution in [0.15, 0.2) is 30.3 Å². The normalized spacial score (nSPS) is 25.6. The van der Waals surface area contributed by atoms with Gasteiger partial charge in [0.1, 0.15) is 6.10 Å². The van der Waals surface area contributed by atoms with Crippen LogP contribution in [0.25, 0.3) is 6.08 Å². The van der Waals surface area contributed by atoms with Crippen molar-refractivity contribution in [1.29, 1.82) is 0 Å². The molecule has 0 spiro atoms. The number of carbonyl (C=O) groups is 1. The standard InChI is InChI=1S/C19H25ClO2/c1-13(2)16-10-8-14(3)12-18(16)22-19(21)11-9-15-6-4-5-7-17(15)20/h4-7,9,11,13-14,16,18H,8,10,12H2,1-3H3/b11-9+/t14-,16+,18-/m0/s1. The topological polar surface area (TPSA) is 26.3 Å². The van der Waals surface area contributed by atoms with Gasteiger partial charge in [-0.2, -0.15) is 0 Å². The highest BCUT2D eigenvalue weighted by atomic mass is 35.5. The summed E-state index contributed by atoms with van der Waals surface area (Å²) in [6, 6.07) is 7.46. The fraction of sp³-hybridized carbons (Fsp3) is 0.526. The molecule has 0 bridgehead atoms. The number of carbonyl (C=O) groups excluding carboxylic acids is 1. The summed E-state index contributed by atoms with van der Waals surface area (Å²) < 4.78 is 5.73. The van der Waals surface area contributed by atoms with E-state index >= 15 is 0 Å². The zero-order valence-corrected chi connectivity index (χ0v) is 14.3. The predicted molar refractivity (Wildman–Crippen MR) is 91.7 cm³/mol. The van der Waals surface area contributed by atoms with Crippen molar-refractivity contribution in [3.63, 3.8) is 0 Å². The Morgan fingerprint density at radius 3 is 2.73 bits per heavy atom. The van der Waals surface area contributed by atoms with Crippen LogP contribution in [0.4, 0.5) is 0 Å². The average Bonchev–Trinajstić information content (AvgIpc) is 2.46. The molecule has 0 radical (unpaired) electrons. The molecular weight excluding hydrogens is 296 g/mol. The van der Waals surface area contributed by atoms with E-state index in [1.54, 1.807) is 6.08 Å². The van der Waals surface area contributed by atoms with E-state index in [4.69, 9.17) is 16.3 Å². The van der Waals surface area contributed by atoms with Crippen LogP contribution in [0.1, 0.15) is 45.6 Å². The smallest absolute Gasteiger partial charge is 0.331 e. The lowest BCUT2D eigenvalue weighted by molar-refractivity contribution is -0.149. The molecule has 3 heteroatoms. The molecule has 1 aliphatic rings. The van der Waals surface area contributed by atoms with Gasteiger partial charge in [0.2, 0.25) is 0 Å². The lowest BCUT2D eigenvalue weighted by Gasteiger charge is -2.36. The number of hydrogen-bond acceptors (Lipinski definition) is 2. The fourth-order valence-electron chi connectivity index (χ4n) is 3.21. The monoisotopic (exact) mass is 320 g/mol. The molecule has 0 amide bonds. The number of hydrogen-bond donors (Lipinski definition) is 0. The summed E-state index contributed by atoms with van der Waals surface area (Å²) in [6.07, 6.45) is 6.58. The van der Waals surface area contributed by atoms with Crippen molar-refractivity contribution in [2.24, 2.45) is 17.8 Å². The average molecular weight is 321 g/mol. The minimum atomic E-state index is -0.273. The molecule has 22 heavy (non-hydrogen) atoms. The van der Waals surface area contributed by atoms with Crippen LogP contribution in [0.2, 0.25) is 5.02 Å². The van der Waals surface area contributed by atoms with Crippen molar-refractivity contribution < 1.29 is 9.53 Å². The van der Waals surface area contributed by atoms with E-state index in [0.717, 1.165) is 18.4 Å². The highest BCUT2D eigenvalue weighted by molar-refractivity contribution is 6.32. The molecule has 0 N–H and O–H groups in total. The van der Waals surface area contributed by atoms with Gasteiger partial charge in [-0.25, -0.2) is 4.79 Å². The molecule has 0 aromatic heterocycles. The van der Waals surface area contributed by atoms with Gasteiger partial charge in [0.15, 0.2) is 0 Å². The van der Waals surface area contributed by atoms with Gasteiger partial charge in [0.05, 0.1) is 0 Å². The second-order valence-electron chi connectivity index (χ2n) is 6.66. The summed E-state index contributed by atoms with van der Waals surface area (Å²) >= 11 is 6.08. The van der Waals surface area contributed by atoms with E-state index in [2.05, 4.69) is 20.8 Å². The van der Waals surface area contributed by atoms with Crippen LogP contribution in [0.5, 0.6) is 0 Å². The molecule has 2 rings (SSSR count). The van der Waals surface area contributed by atoms with E-state index in [-0.39, 0.29) is 12.1 Å². The summed E-state index contributed by atoms with van der Waals surface area (Å²) in [6.45, 7) is 6.65. The Kier molecular flexibility index (Phi) is 6.07. The first kappa shape index (κ1) is 17.1. The quantitative estimate of drug-likeness (QED) is 0.551. The number of halogens is 1. The van der Waals surface area contributed by atoms with Crippen molar-refractivity contribution in [1.82, 2.24) is 0 Å². The molecule has 0 aliphatic heterocycles. The van der Waals surface area contributed by atoms with Crippen molar-refractivity contribution in [2.75, 3.05) is 0 Å². The van der Waals surface area contributed by atoms with E-state index in [1.807, 2.05) is 24.3 Å². The molecule has 1 aromatic rings. The second kappa shape index (κ2) is 7.82. The van der Waals surface area contributed by atoms with E-state index in [9.17, 15) is 4.79 Å². The first-order valence-corrected chi connectivity index (χ1v) is 8.48. The van der Waals surface area contributed by atoms with E-state index in [0.29, 0.717) is 22.8 Å². The maximum absolute atomic E-state index is 12.1. The first-order chi connectivity index (χ1) is 10.5. The minimum Gasteiger partial charge on any atom is -0.459 e. The van der Waals surface area contributed by atoms with Crippen LogP contribution in [-0.4, -0.2) is 12.1 Å². The highest BCUT2D eigenvalue weighted by Crippen LogP contribution is 2.35. The summed E-state index contributed by atoms with van der Waals surface area (Å²) in [5.74, 6) is 1.36. The largest absolute Gasteiger partial charge is 0.459 e. The molecule has 1 saturated carbocycles. The molecule has 0 heterocycles. The van der Waals surface area contributed by atoms with Crippen LogP contribution in [0.3, 0.4) is 0 Å². The number of ether oxygens (including phenoxy) is 1. The van der Waals surface area contributed by atoms with Crippen molar-refractivity contribution in [2.45, 2.75) is 46.1 Å². The zero-order chi connectivity index (χ0) is 16.1. The number of benzene rings is 1. The lowest BCUT2D eigenvalue weighted by atomic mass is 9.75. The summed E-state index contributed by atoms with van der Waals surface area (Å²) in [5.41, 5.74) is 0.832. The molecule has 120 valence electrons. The van der Waals surface area contributed by atoms with E-state index in [1.165, 1.54) is 12.5 Å². The fourth-order valence-corrected chi connectivity index (χ4v) is 3.41. The summed E-state index contributed by atoms with van der Waals surface area (Å²) in [4.78, 5) is 12.1. The van der Waals surface area contributed by atoms with Gasteiger partial charge in [-0.15, -0.1) is 0 Å². The predicted octanol–water partition coefficient (Wildman–Crippen LogP) is 5.36. The van der Waals surface area contributed by atoms with Gasteiger partial charge >= 0.3 is 5.97 Å². The van der Waals surface area contributed by atoms with Gasteiger partial charge in [-0.1, -0.05) is 57.0 Å². The molecule has 1 aliphatic carbocycles. The van der Waals surface area contributed by atoms with Gasteiger partial charge in [0.25, 0.3) is 0 Å². The second-order valence-corrected chi connectivity index (χ2v) is 7.06. The Morgan fingerprint density at radius 2 is 2.05 bits per heavy atom. The lowest BCUT2D eigenvalue weighted by Crippen LogP contribution is -2.35. The number of rotatable bonds is 4. The maximum atomic E-state index is 12.1. The Labute approximate surface area is 138 Å². The van der Waals surface area contributed by atoms with Crippen molar-refractivity contribution >= 4 is 23.6 Å². The van der Waals surface area contributed by atoms with Crippen LogP contribution >= 0.6 is 11.6 Å².